The number of rotatable bonds is 2. The van der Waals surface area contributed by atoms with E-state index >= 15 is 0 Å². The van der Waals surface area contributed by atoms with E-state index in [0.717, 1.165) is 25.2 Å². The van der Waals surface area contributed by atoms with Crippen LogP contribution in [0.3, 0.4) is 0 Å². The molecule has 0 aliphatic carbocycles. The van der Waals surface area contributed by atoms with E-state index in [1.807, 2.05) is 11.8 Å². The Morgan fingerprint density at radius 1 is 1.44 bits per heavy atom. The quantitative estimate of drug-likeness (QED) is 0.755. The molecule has 0 spiro atoms. The Bertz CT molecular complexity index is 351. The molecule has 1 atom stereocenters. The third kappa shape index (κ3) is 2.48. The average Bonchev–Trinajstić information content (AvgIpc) is 2.28. The predicted molar refractivity (Wildman–Crippen MR) is 60.0 cm³/mol. The van der Waals surface area contributed by atoms with Gasteiger partial charge in [0.2, 0.25) is 0 Å². The molecule has 1 aromatic rings. The highest BCUT2D eigenvalue weighted by Crippen LogP contribution is 2.23. The van der Waals surface area contributed by atoms with Gasteiger partial charge in [-0.25, -0.2) is 4.98 Å². The highest BCUT2D eigenvalue weighted by atomic mass is 16.3. The van der Waals surface area contributed by atoms with Crippen LogP contribution in [0.4, 0.5) is 5.82 Å². The third-order valence-corrected chi connectivity index (χ3v) is 2.85. The second kappa shape index (κ2) is 4.35. The lowest BCUT2D eigenvalue weighted by molar-refractivity contribution is 0.0447. The van der Waals surface area contributed by atoms with Crippen molar-refractivity contribution in [2.45, 2.75) is 32.0 Å². The molecule has 2 N–H and O–H groups in total. The number of aliphatic hydroxyl groups excluding tert-OH is 1. The van der Waals surface area contributed by atoms with E-state index in [0.29, 0.717) is 12.2 Å². The van der Waals surface area contributed by atoms with Crippen molar-refractivity contribution in [3.8, 4) is 0 Å². The molecule has 16 heavy (non-hydrogen) atoms. The Hall–Kier alpha value is -1.20. The largest absolute Gasteiger partial charge is 0.390 e. The summed E-state index contributed by atoms with van der Waals surface area (Å²) in [6.45, 7) is 3.23. The lowest BCUT2D eigenvalue weighted by atomic mass is 9.95. The highest BCUT2D eigenvalue weighted by Gasteiger charge is 2.28. The van der Waals surface area contributed by atoms with Gasteiger partial charge in [-0.1, -0.05) is 0 Å². The molecule has 1 fully saturated rings. The number of β-amino-alcohol motifs (C(OH)–C–C–N with tert-alkyl or cyclic N) is 1. The van der Waals surface area contributed by atoms with Crippen LogP contribution in [0.2, 0.25) is 0 Å². The highest BCUT2D eigenvalue weighted by molar-refractivity contribution is 5.37. The van der Waals surface area contributed by atoms with Crippen LogP contribution in [0.25, 0.3) is 0 Å². The monoisotopic (exact) mass is 223 g/mol. The van der Waals surface area contributed by atoms with Gasteiger partial charge < -0.3 is 15.1 Å². The van der Waals surface area contributed by atoms with Crippen LogP contribution in [0.1, 0.15) is 25.5 Å². The van der Waals surface area contributed by atoms with Gasteiger partial charge in [-0.05, 0) is 19.8 Å². The van der Waals surface area contributed by atoms with Crippen molar-refractivity contribution in [1.29, 1.82) is 0 Å². The zero-order valence-corrected chi connectivity index (χ0v) is 9.43. The topological polar surface area (TPSA) is 69.5 Å². The molecule has 0 aromatic carbocycles. The first-order valence-corrected chi connectivity index (χ1v) is 5.50. The molecule has 0 bridgehead atoms. The molecule has 1 saturated heterocycles. The van der Waals surface area contributed by atoms with Gasteiger partial charge in [0.15, 0.2) is 0 Å². The fourth-order valence-corrected chi connectivity index (χ4v) is 2.01. The molecule has 1 aromatic heterocycles. The van der Waals surface area contributed by atoms with Gasteiger partial charge in [-0.2, -0.15) is 0 Å². The van der Waals surface area contributed by atoms with E-state index in [2.05, 4.69) is 9.97 Å². The molecule has 0 saturated carbocycles. The average molecular weight is 223 g/mol. The number of aliphatic hydroxyl groups is 2. The van der Waals surface area contributed by atoms with E-state index in [-0.39, 0.29) is 6.61 Å². The number of aromatic nitrogens is 2. The summed E-state index contributed by atoms with van der Waals surface area (Å²) >= 11 is 0. The fraction of sp³-hybridized carbons (Fsp3) is 0.636. The van der Waals surface area contributed by atoms with E-state index < -0.39 is 5.60 Å². The van der Waals surface area contributed by atoms with Gasteiger partial charge in [0.1, 0.15) is 5.82 Å². The number of piperidine rings is 1. The Morgan fingerprint density at radius 3 is 2.81 bits per heavy atom. The summed E-state index contributed by atoms with van der Waals surface area (Å²) in [5, 5.41) is 18.8. The summed E-state index contributed by atoms with van der Waals surface area (Å²) < 4.78 is 0. The standard InChI is InChI=1S/C11H17N3O2/c1-11(16)3-2-4-14(8-11)10-6-12-9(7-15)5-13-10/h5-6,15-16H,2-4,7-8H2,1H3. The van der Waals surface area contributed by atoms with Crippen molar-refractivity contribution >= 4 is 5.82 Å². The first-order valence-electron chi connectivity index (χ1n) is 5.50. The minimum absolute atomic E-state index is 0.0923. The molecule has 0 amide bonds. The normalized spacial score (nSPS) is 25.8. The van der Waals surface area contributed by atoms with Crippen molar-refractivity contribution in [2.75, 3.05) is 18.0 Å². The molecule has 0 radical (unpaired) electrons. The van der Waals surface area contributed by atoms with Crippen LogP contribution in [0.5, 0.6) is 0 Å². The van der Waals surface area contributed by atoms with E-state index in [1.54, 1.807) is 12.4 Å². The predicted octanol–water partition coefficient (Wildman–Crippen LogP) is 0.320. The van der Waals surface area contributed by atoms with Crippen LogP contribution < -0.4 is 4.90 Å². The maximum absolute atomic E-state index is 9.98. The molecular weight excluding hydrogens is 206 g/mol. The van der Waals surface area contributed by atoms with Crippen LogP contribution in [0, 0.1) is 0 Å². The first kappa shape index (κ1) is 11.3. The SMILES string of the molecule is CC1(O)CCCN(c2cnc(CO)cn2)C1. The molecule has 2 rings (SSSR count). The van der Waals surface area contributed by atoms with Crippen LogP contribution in [-0.4, -0.2) is 38.9 Å². The van der Waals surface area contributed by atoms with Gasteiger partial charge in [-0.3, -0.25) is 4.98 Å². The summed E-state index contributed by atoms with van der Waals surface area (Å²) in [6, 6.07) is 0. The third-order valence-electron chi connectivity index (χ3n) is 2.85. The van der Waals surface area contributed by atoms with Gasteiger partial charge in [0.05, 0.1) is 30.3 Å². The fourth-order valence-electron chi connectivity index (χ4n) is 2.01. The second-order valence-electron chi connectivity index (χ2n) is 4.55. The number of hydrogen-bond donors (Lipinski definition) is 2. The summed E-state index contributed by atoms with van der Waals surface area (Å²) in [7, 11) is 0. The summed E-state index contributed by atoms with van der Waals surface area (Å²) in [6.07, 6.45) is 4.99. The maximum atomic E-state index is 9.98. The van der Waals surface area contributed by atoms with E-state index in [1.165, 1.54) is 0 Å². The zero-order valence-electron chi connectivity index (χ0n) is 9.43. The first-order chi connectivity index (χ1) is 7.61. The van der Waals surface area contributed by atoms with Crippen molar-refractivity contribution in [1.82, 2.24) is 9.97 Å². The second-order valence-corrected chi connectivity index (χ2v) is 4.55. The molecule has 5 nitrogen and oxygen atoms in total. The van der Waals surface area contributed by atoms with Gasteiger partial charge >= 0.3 is 0 Å². The van der Waals surface area contributed by atoms with Gasteiger partial charge in [0.25, 0.3) is 0 Å². The molecule has 5 heteroatoms. The molecular formula is C11H17N3O2. The smallest absolute Gasteiger partial charge is 0.147 e. The molecule has 1 unspecified atom stereocenters. The Balaban J connectivity index is 2.11. The Kier molecular flexibility index (Phi) is 3.07. The maximum Gasteiger partial charge on any atom is 0.147 e. The molecule has 1 aliphatic heterocycles. The summed E-state index contributed by atoms with van der Waals surface area (Å²) in [4.78, 5) is 10.3. The lowest BCUT2D eigenvalue weighted by Gasteiger charge is -2.37. The summed E-state index contributed by atoms with van der Waals surface area (Å²) in [5.74, 6) is 0.761. The van der Waals surface area contributed by atoms with E-state index in [4.69, 9.17) is 5.11 Å². The van der Waals surface area contributed by atoms with Crippen LogP contribution >= 0.6 is 0 Å². The van der Waals surface area contributed by atoms with Crippen molar-refractivity contribution in [3.63, 3.8) is 0 Å². The minimum atomic E-state index is -0.643. The number of nitrogens with zero attached hydrogens (tertiary/aromatic N) is 3. The van der Waals surface area contributed by atoms with Crippen molar-refractivity contribution in [3.05, 3.63) is 18.1 Å². The molecule has 88 valence electrons. The van der Waals surface area contributed by atoms with Crippen molar-refractivity contribution in [2.24, 2.45) is 0 Å². The molecule has 1 aliphatic rings. The van der Waals surface area contributed by atoms with Gasteiger partial charge in [-0.15, -0.1) is 0 Å². The number of hydrogen-bond acceptors (Lipinski definition) is 5. The van der Waals surface area contributed by atoms with Crippen LogP contribution in [0.15, 0.2) is 12.4 Å². The van der Waals surface area contributed by atoms with E-state index in [9.17, 15) is 5.11 Å². The number of anilines is 1. The Morgan fingerprint density at radius 2 is 2.25 bits per heavy atom. The van der Waals surface area contributed by atoms with Crippen molar-refractivity contribution < 1.29 is 10.2 Å². The Labute approximate surface area is 94.8 Å². The minimum Gasteiger partial charge on any atom is -0.390 e. The lowest BCUT2D eigenvalue weighted by Crippen LogP contribution is -2.46. The molecule has 2 heterocycles. The van der Waals surface area contributed by atoms with Gasteiger partial charge in [0, 0.05) is 13.1 Å². The zero-order chi connectivity index (χ0) is 11.6. The van der Waals surface area contributed by atoms with Crippen LogP contribution in [-0.2, 0) is 6.61 Å². The summed E-state index contributed by atoms with van der Waals surface area (Å²) in [5.41, 5.74) is -0.0808.